The van der Waals surface area contributed by atoms with Gasteiger partial charge in [0.25, 0.3) is 0 Å². The van der Waals surface area contributed by atoms with Crippen LogP contribution in [0.2, 0.25) is 0 Å². The average molecular weight is 648 g/mol. The van der Waals surface area contributed by atoms with E-state index in [0.29, 0.717) is 35.2 Å². The van der Waals surface area contributed by atoms with Gasteiger partial charge in [-0.25, -0.2) is 8.78 Å². The molecule has 1 heterocycles. The predicted octanol–water partition coefficient (Wildman–Crippen LogP) is 7.39. The van der Waals surface area contributed by atoms with E-state index in [4.69, 9.17) is 0 Å². The van der Waals surface area contributed by atoms with Gasteiger partial charge < -0.3 is 14.8 Å². The maximum absolute atomic E-state index is 14.4. The first-order valence-electron chi connectivity index (χ1n) is 15.3. The molecule has 0 atom stereocenters. The number of fused-ring (bicyclic) bond motifs is 1. The summed E-state index contributed by atoms with van der Waals surface area (Å²) in [6.07, 6.45) is -4.08. The number of halogens is 5. The molecule has 244 valence electrons. The van der Waals surface area contributed by atoms with Crippen LogP contribution in [-0.4, -0.2) is 35.0 Å². The molecule has 5 nitrogen and oxygen atoms in total. The number of para-hydroxylation sites is 1. The standard InChI is InChI=1S/C37H34F5N3O2/c1-2-43-20-21-44(23-25-10-12-26(13-11-25)27-14-17-29(18-15-27)37(40,41)42)35(47)24-45-30(19-16-28-6-5-8-32(38)36(28)39)22-34(46)31-7-3-4-9-33(31)45/h3-15,17-18,22,43H,2,16,19-21,23-24H2,1H3. The number of nitrogens with zero attached hydrogens (tertiary/aromatic N) is 2. The molecule has 0 saturated carbocycles. The predicted molar refractivity (Wildman–Crippen MR) is 173 cm³/mol. The Labute approximate surface area is 269 Å². The maximum Gasteiger partial charge on any atom is 0.416 e. The molecular weight excluding hydrogens is 613 g/mol. The monoisotopic (exact) mass is 647 g/mol. The average Bonchev–Trinajstić information content (AvgIpc) is 3.06. The summed E-state index contributed by atoms with van der Waals surface area (Å²) < 4.78 is 69.0. The fourth-order valence-electron chi connectivity index (χ4n) is 5.57. The zero-order valence-electron chi connectivity index (χ0n) is 25.8. The van der Waals surface area contributed by atoms with E-state index in [0.717, 1.165) is 35.9 Å². The van der Waals surface area contributed by atoms with Crippen LogP contribution >= 0.6 is 0 Å². The molecule has 10 heteroatoms. The SMILES string of the molecule is CCNCCN(Cc1ccc(-c2ccc(C(F)(F)F)cc2)cc1)C(=O)Cn1c(CCc2cccc(F)c2F)cc(=O)c2ccccc21. The minimum absolute atomic E-state index is 0.0858. The largest absolute Gasteiger partial charge is 0.416 e. The number of carbonyl (C=O) groups is 1. The van der Waals surface area contributed by atoms with Crippen molar-refractivity contribution in [3.63, 3.8) is 0 Å². The van der Waals surface area contributed by atoms with Crippen LogP contribution in [0.5, 0.6) is 0 Å². The molecule has 0 saturated heterocycles. The number of benzene rings is 4. The number of alkyl halides is 3. The van der Waals surface area contributed by atoms with Crippen LogP contribution in [0.15, 0.2) is 102 Å². The summed E-state index contributed by atoms with van der Waals surface area (Å²) in [6.45, 7) is 3.82. The summed E-state index contributed by atoms with van der Waals surface area (Å²) in [5, 5.41) is 3.68. The van der Waals surface area contributed by atoms with Gasteiger partial charge in [0.2, 0.25) is 5.91 Å². The first kappa shape index (κ1) is 33.5. The highest BCUT2D eigenvalue weighted by atomic mass is 19.4. The van der Waals surface area contributed by atoms with Gasteiger partial charge in [-0.15, -0.1) is 0 Å². The molecule has 0 fully saturated rings. The van der Waals surface area contributed by atoms with Crippen molar-refractivity contribution in [3.05, 3.63) is 141 Å². The number of aromatic nitrogens is 1. The van der Waals surface area contributed by atoms with Crippen molar-refractivity contribution in [2.24, 2.45) is 0 Å². The molecule has 0 aliphatic rings. The third kappa shape index (κ3) is 8.13. The molecule has 0 spiro atoms. The Morgan fingerprint density at radius 1 is 0.851 bits per heavy atom. The normalized spacial score (nSPS) is 11.6. The summed E-state index contributed by atoms with van der Waals surface area (Å²) in [5.41, 5.74) is 2.54. The lowest BCUT2D eigenvalue weighted by Gasteiger charge is -2.25. The second-order valence-corrected chi connectivity index (χ2v) is 11.3. The lowest BCUT2D eigenvalue weighted by Crippen LogP contribution is -2.39. The Bertz CT molecular complexity index is 1900. The van der Waals surface area contributed by atoms with E-state index in [2.05, 4.69) is 5.32 Å². The fraction of sp³-hybridized carbons (Fsp3) is 0.243. The van der Waals surface area contributed by atoms with E-state index in [-0.39, 0.29) is 42.8 Å². The molecule has 0 unspecified atom stereocenters. The summed E-state index contributed by atoms with van der Waals surface area (Å²) in [6, 6.07) is 24.7. The van der Waals surface area contributed by atoms with E-state index >= 15 is 0 Å². The quantitative estimate of drug-likeness (QED) is 0.114. The van der Waals surface area contributed by atoms with Crippen LogP contribution in [-0.2, 0) is 36.9 Å². The third-order valence-electron chi connectivity index (χ3n) is 8.11. The zero-order valence-corrected chi connectivity index (χ0v) is 25.8. The first-order chi connectivity index (χ1) is 22.5. The molecule has 47 heavy (non-hydrogen) atoms. The van der Waals surface area contributed by atoms with Crippen LogP contribution in [0, 0.1) is 11.6 Å². The van der Waals surface area contributed by atoms with Crippen LogP contribution < -0.4 is 10.7 Å². The van der Waals surface area contributed by atoms with Crippen molar-refractivity contribution in [2.45, 2.75) is 39.0 Å². The lowest BCUT2D eigenvalue weighted by atomic mass is 10.0. The summed E-state index contributed by atoms with van der Waals surface area (Å²) >= 11 is 0. The molecule has 1 aromatic heterocycles. The van der Waals surface area contributed by atoms with Crippen molar-refractivity contribution >= 4 is 16.8 Å². The van der Waals surface area contributed by atoms with Crippen molar-refractivity contribution < 1.29 is 26.7 Å². The Kier molecular flexibility index (Phi) is 10.5. The number of rotatable bonds is 12. The Morgan fingerprint density at radius 2 is 1.53 bits per heavy atom. The summed E-state index contributed by atoms with van der Waals surface area (Å²) in [5.74, 6) is -2.09. The van der Waals surface area contributed by atoms with Crippen molar-refractivity contribution in [2.75, 3.05) is 19.6 Å². The minimum Gasteiger partial charge on any atom is -0.336 e. The number of carbonyl (C=O) groups excluding carboxylic acids is 1. The van der Waals surface area contributed by atoms with Crippen LogP contribution in [0.4, 0.5) is 22.0 Å². The van der Waals surface area contributed by atoms with Crippen LogP contribution in [0.25, 0.3) is 22.0 Å². The molecular formula is C37H34F5N3O2. The summed E-state index contributed by atoms with van der Waals surface area (Å²) in [4.78, 5) is 28.7. The van der Waals surface area contributed by atoms with Gasteiger partial charge in [0, 0.05) is 36.8 Å². The molecule has 5 aromatic rings. The molecule has 0 aliphatic carbocycles. The van der Waals surface area contributed by atoms with Crippen LogP contribution in [0.1, 0.15) is 29.3 Å². The van der Waals surface area contributed by atoms with Gasteiger partial charge in [0.15, 0.2) is 17.1 Å². The summed E-state index contributed by atoms with van der Waals surface area (Å²) in [7, 11) is 0. The number of aryl methyl sites for hydroxylation is 2. The van der Waals surface area contributed by atoms with Gasteiger partial charge in [-0.05, 0) is 72.0 Å². The van der Waals surface area contributed by atoms with Gasteiger partial charge in [-0.3, -0.25) is 9.59 Å². The minimum atomic E-state index is -4.41. The zero-order chi connectivity index (χ0) is 33.6. The van der Waals surface area contributed by atoms with Crippen molar-refractivity contribution in [1.82, 2.24) is 14.8 Å². The number of nitrogens with one attached hydrogen (secondary N) is 1. The number of pyridine rings is 1. The third-order valence-corrected chi connectivity index (χ3v) is 8.11. The van der Waals surface area contributed by atoms with E-state index in [1.165, 1.54) is 30.3 Å². The highest BCUT2D eigenvalue weighted by Gasteiger charge is 2.30. The molecule has 5 rings (SSSR count). The van der Waals surface area contributed by atoms with Crippen LogP contribution in [0.3, 0.4) is 0 Å². The van der Waals surface area contributed by atoms with E-state index < -0.39 is 23.4 Å². The van der Waals surface area contributed by atoms with Gasteiger partial charge in [0.1, 0.15) is 6.54 Å². The van der Waals surface area contributed by atoms with Gasteiger partial charge in [0.05, 0.1) is 11.1 Å². The van der Waals surface area contributed by atoms with Gasteiger partial charge >= 0.3 is 6.18 Å². The molecule has 1 N–H and O–H groups in total. The van der Waals surface area contributed by atoms with E-state index in [1.807, 2.05) is 31.2 Å². The Hall–Kier alpha value is -4.83. The second kappa shape index (κ2) is 14.7. The Morgan fingerprint density at radius 3 is 2.21 bits per heavy atom. The maximum atomic E-state index is 14.4. The van der Waals surface area contributed by atoms with Crippen molar-refractivity contribution in [3.8, 4) is 11.1 Å². The smallest absolute Gasteiger partial charge is 0.336 e. The van der Waals surface area contributed by atoms with E-state index in [9.17, 15) is 31.5 Å². The number of hydrogen-bond acceptors (Lipinski definition) is 3. The molecule has 4 aromatic carbocycles. The number of likely N-dealkylation sites (N-methyl/N-ethyl adjacent to an activating group) is 1. The topological polar surface area (TPSA) is 54.3 Å². The highest BCUT2D eigenvalue weighted by Crippen LogP contribution is 2.31. The fourth-order valence-corrected chi connectivity index (χ4v) is 5.57. The lowest BCUT2D eigenvalue weighted by molar-refractivity contribution is -0.137. The van der Waals surface area contributed by atoms with Gasteiger partial charge in [-0.1, -0.05) is 67.6 Å². The van der Waals surface area contributed by atoms with Gasteiger partial charge in [-0.2, -0.15) is 13.2 Å². The Balaban J connectivity index is 1.40. The number of amides is 1. The highest BCUT2D eigenvalue weighted by molar-refractivity contribution is 5.83. The molecule has 0 bridgehead atoms. The number of hydrogen-bond donors (Lipinski definition) is 1. The van der Waals surface area contributed by atoms with E-state index in [1.54, 1.807) is 33.7 Å². The first-order valence-corrected chi connectivity index (χ1v) is 15.3. The van der Waals surface area contributed by atoms with Crippen molar-refractivity contribution in [1.29, 1.82) is 0 Å². The molecule has 0 radical (unpaired) electrons. The molecule has 1 amide bonds. The second-order valence-electron chi connectivity index (χ2n) is 11.3. The molecule has 0 aliphatic heterocycles.